The minimum absolute atomic E-state index is 0.372. The molecule has 17 heavy (non-hydrogen) atoms. The zero-order valence-corrected chi connectivity index (χ0v) is 10.6. The third-order valence-electron chi connectivity index (χ3n) is 2.49. The van der Waals surface area contributed by atoms with E-state index in [1.807, 2.05) is 6.07 Å². The van der Waals surface area contributed by atoms with Crippen LogP contribution in [0.5, 0.6) is 11.5 Å². The van der Waals surface area contributed by atoms with Crippen LogP contribution in [0.4, 0.5) is 0 Å². The average Bonchev–Trinajstić information content (AvgIpc) is 2.81. The number of carbonyl (C=O) groups excluding carboxylic acids is 1. The Hall–Kier alpha value is -1.75. The molecule has 0 saturated carbocycles. The van der Waals surface area contributed by atoms with Crippen LogP contribution in [-0.4, -0.2) is 27.3 Å². The molecule has 0 amide bonds. The topological polar surface area (TPSA) is 44.8 Å². The molecule has 0 spiro atoms. The van der Waals surface area contributed by atoms with Crippen molar-refractivity contribution in [3.8, 4) is 11.5 Å². The maximum Gasteiger partial charge on any atom is 0.339 e. The van der Waals surface area contributed by atoms with E-state index in [1.54, 1.807) is 25.7 Å². The number of carbonyl (C=O) groups is 1. The van der Waals surface area contributed by atoms with Crippen molar-refractivity contribution in [2.75, 3.05) is 21.3 Å². The van der Waals surface area contributed by atoms with Gasteiger partial charge in [-0.15, -0.1) is 11.3 Å². The fraction of sp³-hybridized carbons (Fsp3) is 0.250. The van der Waals surface area contributed by atoms with Gasteiger partial charge in [-0.3, -0.25) is 0 Å². The van der Waals surface area contributed by atoms with Crippen LogP contribution in [0.25, 0.3) is 10.1 Å². The first-order valence-electron chi connectivity index (χ1n) is 4.93. The lowest BCUT2D eigenvalue weighted by Gasteiger charge is -2.07. The number of ether oxygens (including phenoxy) is 3. The Kier molecular flexibility index (Phi) is 3.19. The van der Waals surface area contributed by atoms with Crippen molar-refractivity contribution in [1.82, 2.24) is 0 Å². The summed E-state index contributed by atoms with van der Waals surface area (Å²) in [6.45, 7) is 0. The molecular weight excluding hydrogens is 240 g/mol. The highest BCUT2D eigenvalue weighted by atomic mass is 32.1. The molecule has 0 fully saturated rings. The SMILES string of the molecule is COC(=O)c1csc2c(OC)ccc(OC)c12. The Balaban J connectivity index is 2.76. The number of methoxy groups -OCH3 is 3. The van der Waals surface area contributed by atoms with Gasteiger partial charge in [0.05, 0.1) is 37.0 Å². The Morgan fingerprint density at radius 3 is 2.35 bits per heavy atom. The molecule has 2 rings (SSSR count). The van der Waals surface area contributed by atoms with Crippen LogP contribution >= 0.6 is 11.3 Å². The normalized spacial score (nSPS) is 10.3. The molecule has 1 aromatic carbocycles. The lowest BCUT2D eigenvalue weighted by atomic mass is 10.1. The van der Waals surface area contributed by atoms with E-state index in [9.17, 15) is 4.79 Å². The van der Waals surface area contributed by atoms with Gasteiger partial charge in [0.25, 0.3) is 0 Å². The summed E-state index contributed by atoms with van der Waals surface area (Å²) in [5, 5.41) is 2.49. The summed E-state index contributed by atoms with van der Waals surface area (Å²) in [7, 11) is 4.53. The van der Waals surface area contributed by atoms with Crippen molar-refractivity contribution in [2.45, 2.75) is 0 Å². The summed E-state index contributed by atoms with van der Waals surface area (Å²) in [5.74, 6) is 0.992. The van der Waals surface area contributed by atoms with E-state index in [4.69, 9.17) is 14.2 Å². The molecule has 2 aromatic rings. The second kappa shape index (κ2) is 4.63. The van der Waals surface area contributed by atoms with E-state index in [2.05, 4.69) is 0 Å². The minimum atomic E-state index is -0.372. The Morgan fingerprint density at radius 1 is 1.12 bits per heavy atom. The van der Waals surface area contributed by atoms with Crippen LogP contribution < -0.4 is 9.47 Å². The predicted molar refractivity (Wildman–Crippen MR) is 66.3 cm³/mol. The van der Waals surface area contributed by atoms with Crippen molar-refractivity contribution >= 4 is 27.4 Å². The molecule has 5 heteroatoms. The summed E-state index contributed by atoms with van der Waals surface area (Å²) >= 11 is 1.43. The van der Waals surface area contributed by atoms with Gasteiger partial charge >= 0.3 is 5.97 Å². The number of benzene rings is 1. The fourth-order valence-corrected chi connectivity index (χ4v) is 2.73. The summed E-state index contributed by atoms with van der Waals surface area (Å²) in [6, 6.07) is 3.60. The highest BCUT2D eigenvalue weighted by Gasteiger charge is 2.18. The van der Waals surface area contributed by atoms with E-state index in [0.29, 0.717) is 11.3 Å². The summed E-state index contributed by atoms with van der Waals surface area (Å²) in [6.07, 6.45) is 0. The smallest absolute Gasteiger partial charge is 0.339 e. The molecule has 0 aliphatic carbocycles. The van der Waals surface area contributed by atoms with Gasteiger partial charge in [0.2, 0.25) is 0 Å². The number of rotatable bonds is 3. The zero-order chi connectivity index (χ0) is 12.4. The molecule has 0 unspecified atom stereocenters. The number of hydrogen-bond donors (Lipinski definition) is 0. The van der Waals surface area contributed by atoms with Crippen molar-refractivity contribution < 1.29 is 19.0 Å². The molecule has 90 valence electrons. The van der Waals surface area contributed by atoms with Crippen LogP contribution in [0.2, 0.25) is 0 Å². The van der Waals surface area contributed by atoms with Crippen LogP contribution in [-0.2, 0) is 4.74 Å². The first-order chi connectivity index (χ1) is 8.22. The van der Waals surface area contributed by atoms with Gasteiger partial charge in [0.1, 0.15) is 11.5 Å². The van der Waals surface area contributed by atoms with Gasteiger partial charge in [-0.25, -0.2) is 4.79 Å². The van der Waals surface area contributed by atoms with E-state index >= 15 is 0 Å². The lowest BCUT2D eigenvalue weighted by Crippen LogP contribution is -2.00. The zero-order valence-electron chi connectivity index (χ0n) is 9.77. The summed E-state index contributed by atoms with van der Waals surface area (Å²) in [5.41, 5.74) is 0.503. The number of hydrogen-bond acceptors (Lipinski definition) is 5. The maximum absolute atomic E-state index is 11.6. The van der Waals surface area contributed by atoms with Gasteiger partial charge in [-0.1, -0.05) is 0 Å². The average molecular weight is 252 g/mol. The van der Waals surface area contributed by atoms with Gasteiger partial charge in [-0.2, -0.15) is 0 Å². The maximum atomic E-state index is 11.6. The summed E-state index contributed by atoms with van der Waals surface area (Å²) < 4.78 is 16.1. The molecule has 4 nitrogen and oxygen atoms in total. The van der Waals surface area contributed by atoms with Gasteiger partial charge in [0, 0.05) is 5.38 Å². The van der Waals surface area contributed by atoms with E-state index in [-0.39, 0.29) is 5.97 Å². The monoisotopic (exact) mass is 252 g/mol. The Morgan fingerprint density at radius 2 is 1.76 bits per heavy atom. The van der Waals surface area contributed by atoms with Crippen molar-refractivity contribution in [3.05, 3.63) is 23.1 Å². The molecule has 0 aliphatic heterocycles. The van der Waals surface area contributed by atoms with Crippen molar-refractivity contribution in [2.24, 2.45) is 0 Å². The number of esters is 1. The molecule has 0 atom stereocenters. The second-order valence-corrected chi connectivity index (χ2v) is 4.19. The third kappa shape index (κ3) is 1.82. The van der Waals surface area contributed by atoms with Crippen LogP contribution in [0, 0.1) is 0 Å². The Bertz CT molecular complexity index is 559. The highest BCUT2D eigenvalue weighted by Crippen LogP contribution is 2.40. The van der Waals surface area contributed by atoms with E-state index < -0.39 is 0 Å². The Labute approximate surface area is 103 Å². The largest absolute Gasteiger partial charge is 0.496 e. The molecule has 1 aromatic heterocycles. The van der Waals surface area contributed by atoms with Crippen molar-refractivity contribution in [3.63, 3.8) is 0 Å². The molecule has 0 aliphatic rings. The molecule has 0 saturated heterocycles. The number of fused-ring (bicyclic) bond motifs is 1. The predicted octanol–water partition coefficient (Wildman–Crippen LogP) is 2.71. The fourth-order valence-electron chi connectivity index (χ4n) is 1.69. The van der Waals surface area contributed by atoms with E-state index in [0.717, 1.165) is 15.8 Å². The third-order valence-corrected chi connectivity index (χ3v) is 3.49. The molecule has 1 heterocycles. The van der Waals surface area contributed by atoms with E-state index in [1.165, 1.54) is 18.4 Å². The molecule has 0 N–H and O–H groups in total. The van der Waals surface area contributed by atoms with Gasteiger partial charge < -0.3 is 14.2 Å². The molecule has 0 radical (unpaired) electrons. The van der Waals surface area contributed by atoms with Gasteiger partial charge in [-0.05, 0) is 12.1 Å². The van der Waals surface area contributed by atoms with Crippen LogP contribution in [0.1, 0.15) is 10.4 Å². The van der Waals surface area contributed by atoms with Crippen molar-refractivity contribution in [1.29, 1.82) is 0 Å². The first kappa shape index (κ1) is 11.7. The van der Waals surface area contributed by atoms with Crippen LogP contribution in [0.15, 0.2) is 17.5 Å². The quantitative estimate of drug-likeness (QED) is 0.788. The molecular formula is C12H12O4S. The highest BCUT2D eigenvalue weighted by molar-refractivity contribution is 7.18. The molecule has 0 bridgehead atoms. The second-order valence-electron chi connectivity index (χ2n) is 3.32. The summed E-state index contributed by atoms with van der Waals surface area (Å²) in [4.78, 5) is 11.6. The first-order valence-corrected chi connectivity index (χ1v) is 5.81. The number of thiophene rings is 1. The van der Waals surface area contributed by atoms with Crippen LogP contribution in [0.3, 0.4) is 0 Å². The lowest BCUT2D eigenvalue weighted by molar-refractivity contribution is 0.0603. The standard InChI is InChI=1S/C12H12O4S/c1-14-8-4-5-9(15-2)11-10(8)7(6-17-11)12(13)16-3/h4-6H,1-3H3. The van der Waals surface area contributed by atoms with Gasteiger partial charge in [0.15, 0.2) is 0 Å². The minimum Gasteiger partial charge on any atom is -0.496 e.